The topological polar surface area (TPSA) is 55.4 Å². The Hall–Kier alpha value is -2.54. The molecule has 8 heteroatoms. The summed E-state index contributed by atoms with van der Waals surface area (Å²) in [6.45, 7) is 1.05. The van der Waals surface area contributed by atoms with E-state index in [1.54, 1.807) is 31.2 Å². The van der Waals surface area contributed by atoms with Gasteiger partial charge in [-0.1, -0.05) is 29.8 Å². The molecule has 0 atom stereocenters. The zero-order chi connectivity index (χ0) is 18.6. The van der Waals surface area contributed by atoms with Crippen molar-refractivity contribution in [2.24, 2.45) is 0 Å². The Morgan fingerprint density at radius 2 is 1.84 bits per heavy atom. The van der Waals surface area contributed by atoms with Gasteiger partial charge in [0.15, 0.2) is 6.61 Å². The fourth-order valence-corrected chi connectivity index (χ4v) is 2.16. The number of hydrogen-bond donors (Lipinski definition) is 1. The maximum atomic E-state index is 12.7. The Morgan fingerprint density at radius 3 is 2.48 bits per heavy atom. The van der Waals surface area contributed by atoms with Crippen LogP contribution in [0, 0.1) is 6.92 Å². The number of benzene rings is 2. The van der Waals surface area contributed by atoms with Crippen LogP contribution >= 0.6 is 11.6 Å². The third-order valence-electron chi connectivity index (χ3n) is 3.27. The lowest BCUT2D eigenvalue weighted by Gasteiger charge is -2.12. The average molecular weight is 372 g/mol. The second-order valence-electron chi connectivity index (χ2n) is 5.13. The molecule has 0 fully saturated rings. The molecule has 132 valence electrons. The summed E-state index contributed by atoms with van der Waals surface area (Å²) in [4.78, 5) is 23.7. The van der Waals surface area contributed by atoms with Crippen LogP contribution in [0.1, 0.15) is 21.5 Å². The first-order valence-corrected chi connectivity index (χ1v) is 7.45. The smallest absolute Gasteiger partial charge is 0.416 e. The molecule has 1 N–H and O–H groups in total. The quantitative estimate of drug-likeness (QED) is 0.807. The summed E-state index contributed by atoms with van der Waals surface area (Å²) in [5.74, 6) is -1.51. The number of amides is 1. The number of alkyl halides is 3. The molecule has 0 aliphatic heterocycles. The minimum absolute atomic E-state index is 0.0634. The number of anilines is 1. The third kappa shape index (κ3) is 4.96. The van der Waals surface area contributed by atoms with Crippen molar-refractivity contribution in [3.05, 3.63) is 64.2 Å². The minimum Gasteiger partial charge on any atom is -0.452 e. The molecule has 2 rings (SSSR count). The van der Waals surface area contributed by atoms with E-state index >= 15 is 0 Å². The van der Waals surface area contributed by atoms with Crippen LogP contribution in [0.3, 0.4) is 0 Å². The lowest BCUT2D eigenvalue weighted by atomic mass is 10.1. The normalized spacial score (nSPS) is 11.1. The van der Waals surface area contributed by atoms with E-state index in [4.69, 9.17) is 16.3 Å². The maximum Gasteiger partial charge on any atom is 0.416 e. The number of rotatable bonds is 4. The van der Waals surface area contributed by atoms with Crippen molar-refractivity contribution in [3.63, 3.8) is 0 Å². The Labute approximate surface area is 146 Å². The molecule has 0 saturated heterocycles. The molecule has 0 unspecified atom stereocenters. The van der Waals surface area contributed by atoms with Gasteiger partial charge in [0.2, 0.25) is 0 Å². The number of carbonyl (C=O) groups is 2. The first kappa shape index (κ1) is 18.8. The molecule has 0 bridgehead atoms. The zero-order valence-corrected chi connectivity index (χ0v) is 13.7. The summed E-state index contributed by atoms with van der Waals surface area (Å²) >= 11 is 5.78. The van der Waals surface area contributed by atoms with E-state index in [0.717, 1.165) is 12.1 Å². The number of ether oxygens (including phenoxy) is 1. The van der Waals surface area contributed by atoms with E-state index in [2.05, 4.69) is 5.32 Å². The van der Waals surface area contributed by atoms with Crippen molar-refractivity contribution >= 4 is 29.2 Å². The van der Waals surface area contributed by atoms with Gasteiger partial charge in [-0.25, -0.2) is 4.79 Å². The van der Waals surface area contributed by atoms with Gasteiger partial charge in [0.05, 0.1) is 21.8 Å². The fourth-order valence-electron chi connectivity index (χ4n) is 1.99. The molecule has 2 aromatic carbocycles. The highest BCUT2D eigenvalue weighted by atomic mass is 35.5. The van der Waals surface area contributed by atoms with Crippen molar-refractivity contribution in [2.75, 3.05) is 11.9 Å². The van der Waals surface area contributed by atoms with E-state index in [9.17, 15) is 22.8 Å². The molecular weight excluding hydrogens is 359 g/mol. The number of halogens is 4. The van der Waals surface area contributed by atoms with Gasteiger partial charge in [-0.15, -0.1) is 0 Å². The molecule has 2 aromatic rings. The summed E-state index contributed by atoms with van der Waals surface area (Å²) in [6.07, 6.45) is -4.57. The second kappa shape index (κ2) is 7.57. The van der Waals surface area contributed by atoms with Crippen LogP contribution in [0.15, 0.2) is 42.5 Å². The molecule has 4 nitrogen and oxygen atoms in total. The molecule has 0 saturated carbocycles. The molecule has 0 aliphatic rings. The molecular formula is C17H13ClF3NO3. The molecule has 0 heterocycles. The van der Waals surface area contributed by atoms with Crippen molar-refractivity contribution in [1.29, 1.82) is 0 Å². The lowest BCUT2D eigenvalue weighted by molar-refractivity contribution is -0.137. The van der Waals surface area contributed by atoms with E-state index in [0.29, 0.717) is 17.2 Å². The first-order valence-electron chi connectivity index (χ1n) is 7.08. The van der Waals surface area contributed by atoms with Crippen molar-refractivity contribution in [1.82, 2.24) is 0 Å². The Bertz CT molecular complexity index is 806. The largest absolute Gasteiger partial charge is 0.452 e. The first-order chi connectivity index (χ1) is 11.7. The van der Waals surface area contributed by atoms with Crippen molar-refractivity contribution < 1.29 is 27.5 Å². The summed E-state index contributed by atoms with van der Waals surface area (Å²) in [5, 5.41) is 2.13. The van der Waals surface area contributed by atoms with E-state index < -0.39 is 30.2 Å². The minimum atomic E-state index is -4.57. The van der Waals surface area contributed by atoms with E-state index in [1.807, 2.05) is 0 Å². The van der Waals surface area contributed by atoms with Gasteiger partial charge in [-0.2, -0.15) is 13.2 Å². The fraction of sp³-hybridized carbons (Fsp3) is 0.176. The number of esters is 1. The number of hydrogen-bond acceptors (Lipinski definition) is 3. The monoisotopic (exact) mass is 371 g/mol. The SMILES string of the molecule is Cc1ccccc1C(=O)OCC(=O)Nc1cc(C(F)(F)F)ccc1Cl. The predicted molar refractivity (Wildman–Crippen MR) is 86.5 cm³/mol. The van der Waals surface area contributed by atoms with Crippen LogP contribution in [0.25, 0.3) is 0 Å². The van der Waals surface area contributed by atoms with Gasteiger partial charge in [0.25, 0.3) is 5.91 Å². The second-order valence-corrected chi connectivity index (χ2v) is 5.54. The summed E-state index contributed by atoms with van der Waals surface area (Å²) < 4.78 is 42.9. The van der Waals surface area contributed by atoms with Crippen LogP contribution in [-0.4, -0.2) is 18.5 Å². The van der Waals surface area contributed by atoms with Crippen LogP contribution in [0.5, 0.6) is 0 Å². The molecule has 25 heavy (non-hydrogen) atoms. The number of nitrogens with one attached hydrogen (secondary N) is 1. The van der Waals surface area contributed by atoms with E-state index in [-0.39, 0.29) is 10.7 Å². The highest BCUT2D eigenvalue weighted by molar-refractivity contribution is 6.33. The summed E-state index contributed by atoms with van der Waals surface area (Å²) in [6, 6.07) is 9.18. The van der Waals surface area contributed by atoms with Gasteiger partial charge >= 0.3 is 12.1 Å². The summed E-state index contributed by atoms with van der Waals surface area (Å²) in [7, 11) is 0. The third-order valence-corrected chi connectivity index (χ3v) is 3.60. The van der Waals surface area contributed by atoms with Gasteiger partial charge < -0.3 is 10.1 Å². The van der Waals surface area contributed by atoms with Gasteiger partial charge in [0.1, 0.15) is 0 Å². The average Bonchev–Trinajstić information content (AvgIpc) is 2.54. The maximum absolute atomic E-state index is 12.7. The lowest BCUT2D eigenvalue weighted by Crippen LogP contribution is -2.21. The highest BCUT2D eigenvalue weighted by Crippen LogP contribution is 2.33. The van der Waals surface area contributed by atoms with Crippen LogP contribution in [0.2, 0.25) is 5.02 Å². The highest BCUT2D eigenvalue weighted by Gasteiger charge is 2.31. The Balaban J connectivity index is 2.01. The zero-order valence-electron chi connectivity index (χ0n) is 13.0. The Kier molecular flexibility index (Phi) is 5.69. The standard InChI is InChI=1S/C17H13ClF3NO3/c1-10-4-2-3-5-12(10)16(24)25-9-15(23)22-14-8-11(17(19,20)21)6-7-13(14)18/h2-8H,9H2,1H3,(H,22,23). The Morgan fingerprint density at radius 1 is 1.16 bits per heavy atom. The molecule has 0 radical (unpaired) electrons. The van der Waals surface area contributed by atoms with Crippen LogP contribution in [0.4, 0.5) is 18.9 Å². The molecule has 0 aliphatic carbocycles. The molecule has 1 amide bonds. The predicted octanol–water partition coefficient (Wildman–Crippen LogP) is 4.46. The summed E-state index contributed by atoms with van der Waals surface area (Å²) in [5.41, 5.74) is -0.196. The van der Waals surface area contributed by atoms with Crippen LogP contribution < -0.4 is 5.32 Å². The molecule has 0 aromatic heterocycles. The van der Waals surface area contributed by atoms with Gasteiger partial charge in [-0.3, -0.25) is 4.79 Å². The number of carbonyl (C=O) groups excluding carboxylic acids is 2. The van der Waals surface area contributed by atoms with Gasteiger partial charge in [-0.05, 0) is 36.8 Å². The van der Waals surface area contributed by atoms with Crippen molar-refractivity contribution in [2.45, 2.75) is 13.1 Å². The van der Waals surface area contributed by atoms with E-state index in [1.165, 1.54) is 0 Å². The van der Waals surface area contributed by atoms with Crippen molar-refractivity contribution in [3.8, 4) is 0 Å². The molecule has 0 spiro atoms. The number of aryl methyl sites for hydroxylation is 1. The van der Waals surface area contributed by atoms with Crippen LogP contribution in [-0.2, 0) is 15.7 Å². The van der Waals surface area contributed by atoms with Gasteiger partial charge in [0, 0.05) is 0 Å².